The van der Waals surface area contributed by atoms with Crippen LogP contribution in [0.3, 0.4) is 0 Å². The van der Waals surface area contributed by atoms with E-state index in [9.17, 15) is 28.1 Å². The van der Waals surface area contributed by atoms with Crippen LogP contribution in [-0.4, -0.2) is 55.4 Å². The summed E-state index contributed by atoms with van der Waals surface area (Å²) in [6, 6.07) is 18.9. The zero-order valence-corrected chi connectivity index (χ0v) is 24.7. The standard InChI is InChI=1S/C29H33ClN4O6S/c1-4-16-31-29(36)27(17-22-10-6-5-7-11-22)32(19-23-12-8-9-13-25(23)30)28(35)20-33(41(3,39)40)26-18-24(34(37)38)15-14-21(26)2/h5-15,18,27H,4,16-17,19-20H2,1-3H3,(H,31,36). The van der Waals surface area contributed by atoms with Gasteiger partial charge in [-0.2, -0.15) is 0 Å². The maximum atomic E-state index is 14.1. The Hall–Kier alpha value is -3.96. The number of nitrogens with zero attached hydrogens (tertiary/aromatic N) is 3. The molecule has 0 heterocycles. The van der Waals surface area contributed by atoms with E-state index in [1.54, 1.807) is 31.2 Å². The van der Waals surface area contributed by atoms with E-state index in [0.717, 1.165) is 22.2 Å². The van der Waals surface area contributed by atoms with Gasteiger partial charge in [0.2, 0.25) is 21.8 Å². The molecule has 0 aromatic heterocycles. The van der Waals surface area contributed by atoms with E-state index in [4.69, 9.17) is 11.6 Å². The molecule has 3 aromatic rings. The number of anilines is 1. The number of nitro groups is 1. The van der Waals surface area contributed by atoms with E-state index < -0.39 is 39.3 Å². The van der Waals surface area contributed by atoms with Crippen LogP contribution in [-0.2, 0) is 32.6 Å². The fraction of sp³-hybridized carbons (Fsp3) is 0.310. The van der Waals surface area contributed by atoms with E-state index in [2.05, 4.69) is 5.32 Å². The van der Waals surface area contributed by atoms with Crippen LogP contribution in [0, 0.1) is 17.0 Å². The Bertz CT molecular complexity index is 1500. The summed E-state index contributed by atoms with van der Waals surface area (Å²) in [5.41, 5.74) is 1.48. The minimum Gasteiger partial charge on any atom is -0.354 e. The van der Waals surface area contributed by atoms with Gasteiger partial charge in [-0.05, 0) is 36.1 Å². The molecular weight excluding hydrogens is 568 g/mol. The highest BCUT2D eigenvalue weighted by Gasteiger charge is 2.34. The van der Waals surface area contributed by atoms with Gasteiger partial charge in [-0.1, -0.05) is 73.1 Å². The van der Waals surface area contributed by atoms with Gasteiger partial charge in [0.15, 0.2) is 0 Å². The summed E-state index contributed by atoms with van der Waals surface area (Å²) in [4.78, 5) is 39.7. The van der Waals surface area contributed by atoms with Crippen molar-refractivity contribution in [2.75, 3.05) is 23.7 Å². The Labute approximate surface area is 245 Å². The molecule has 1 atom stereocenters. The number of non-ortho nitro benzene ring substituents is 1. The van der Waals surface area contributed by atoms with Crippen LogP contribution in [0.1, 0.15) is 30.0 Å². The van der Waals surface area contributed by atoms with Crippen molar-refractivity contribution >= 4 is 44.8 Å². The summed E-state index contributed by atoms with van der Waals surface area (Å²) in [5.74, 6) is -1.07. The third kappa shape index (κ3) is 8.51. The number of amides is 2. The predicted octanol–water partition coefficient (Wildman–Crippen LogP) is 4.49. The van der Waals surface area contributed by atoms with Crippen LogP contribution >= 0.6 is 11.6 Å². The molecule has 10 nitrogen and oxygen atoms in total. The monoisotopic (exact) mass is 600 g/mol. The summed E-state index contributed by atoms with van der Waals surface area (Å²) in [6.07, 6.45) is 1.77. The molecule has 3 aromatic carbocycles. The second-order valence-corrected chi connectivity index (χ2v) is 11.9. The second kappa shape index (κ2) is 14.1. The zero-order valence-electron chi connectivity index (χ0n) is 23.1. The fourth-order valence-corrected chi connectivity index (χ4v) is 5.40. The van der Waals surface area contributed by atoms with Crippen LogP contribution in [0.25, 0.3) is 0 Å². The van der Waals surface area contributed by atoms with E-state index in [-0.39, 0.29) is 24.3 Å². The van der Waals surface area contributed by atoms with Crippen molar-refractivity contribution in [1.29, 1.82) is 0 Å². The predicted molar refractivity (Wildman–Crippen MR) is 159 cm³/mol. The van der Waals surface area contributed by atoms with Gasteiger partial charge < -0.3 is 10.2 Å². The van der Waals surface area contributed by atoms with Crippen LogP contribution < -0.4 is 9.62 Å². The Morgan fingerprint density at radius 1 is 1.05 bits per heavy atom. The van der Waals surface area contributed by atoms with Gasteiger partial charge in [0.25, 0.3) is 5.69 Å². The average Bonchev–Trinajstić information content (AvgIpc) is 2.93. The largest absolute Gasteiger partial charge is 0.354 e. The number of carbonyl (C=O) groups excluding carboxylic acids is 2. The molecule has 0 aliphatic rings. The minimum atomic E-state index is -4.07. The summed E-state index contributed by atoms with van der Waals surface area (Å²) >= 11 is 6.43. The molecule has 3 rings (SSSR count). The Kier molecular flexibility index (Phi) is 10.8. The van der Waals surface area contributed by atoms with Crippen molar-refractivity contribution in [3.05, 3.63) is 105 Å². The number of nitrogens with one attached hydrogen (secondary N) is 1. The molecule has 12 heteroatoms. The molecule has 218 valence electrons. The molecule has 41 heavy (non-hydrogen) atoms. The van der Waals surface area contributed by atoms with Gasteiger partial charge in [0, 0.05) is 36.7 Å². The summed E-state index contributed by atoms with van der Waals surface area (Å²) < 4.78 is 26.7. The third-order valence-corrected chi connectivity index (χ3v) is 7.97. The van der Waals surface area contributed by atoms with Crippen molar-refractivity contribution in [1.82, 2.24) is 10.2 Å². The van der Waals surface area contributed by atoms with Crippen molar-refractivity contribution in [3.63, 3.8) is 0 Å². The molecule has 2 amide bonds. The second-order valence-electron chi connectivity index (χ2n) is 9.61. The Morgan fingerprint density at radius 3 is 2.32 bits per heavy atom. The Balaban J connectivity index is 2.10. The van der Waals surface area contributed by atoms with Gasteiger partial charge in [-0.3, -0.25) is 24.0 Å². The van der Waals surface area contributed by atoms with Crippen molar-refractivity contribution in [3.8, 4) is 0 Å². The zero-order chi connectivity index (χ0) is 30.2. The van der Waals surface area contributed by atoms with Crippen LogP contribution in [0.2, 0.25) is 5.02 Å². The van der Waals surface area contributed by atoms with Crippen LogP contribution in [0.15, 0.2) is 72.8 Å². The highest BCUT2D eigenvalue weighted by Crippen LogP contribution is 2.28. The van der Waals surface area contributed by atoms with Crippen LogP contribution in [0.5, 0.6) is 0 Å². The SMILES string of the molecule is CCCNC(=O)C(Cc1ccccc1)N(Cc1ccccc1Cl)C(=O)CN(c1cc([N+](=O)[O-])ccc1C)S(C)(=O)=O. The molecule has 1 unspecified atom stereocenters. The number of sulfonamides is 1. The first-order valence-corrected chi connectivity index (χ1v) is 15.2. The van der Waals surface area contributed by atoms with Gasteiger partial charge >= 0.3 is 0 Å². The number of benzene rings is 3. The first-order chi connectivity index (χ1) is 19.4. The minimum absolute atomic E-state index is 0.00258. The molecular formula is C29H33ClN4O6S. The first-order valence-electron chi connectivity index (χ1n) is 13.0. The molecule has 0 spiro atoms. The number of halogens is 1. The quantitative estimate of drug-likeness (QED) is 0.227. The summed E-state index contributed by atoms with van der Waals surface area (Å²) in [7, 11) is -4.07. The molecule has 0 bridgehead atoms. The van der Waals surface area contributed by atoms with Crippen molar-refractivity contribution in [2.24, 2.45) is 0 Å². The van der Waals surface area contributed by atoms with Gasteiger partial charge in [-0.15, -0.1) is 0 Å². The third-order valence-electron chi connectivity index (χ3n) is 6.47. The van der Waals surface area contributed by atoms with Gasteiger partial charge in [0.1, 0.15) is 12.6 Å². The molecule has 0 radical (unpaired) electrons. The lowest BCUT2D eigenvalue weighted by atomic mass is 10.0. The highest BCUT2D eigenvalue weighted by molar-refractivity contribution is 7.92. The normalized spacial score (nSPS) is 11.9. The smallest absolute Gasteiger partial charge is 0.271 e. The van der Waals surface area contributed by atoms with Gasteiger partial charge in [0.05, 0.1) is 16.9 Å². The number of carbonyl (C=O) groups is 2. The number of nitro benzene ring substituents is 1. The highest BCUT2D eigenvalue weighted by atomic mass is 35.5. The number of hydrogen-bond acceptors (Lipinski definition) is 6. The lowest BCUT2D eigenvalue weighted by Crippen LogP contribution is -2.53. The summed E-state index contributed by atoms with van der Waals surface area (Å²) in [5, 5.41) is 14.7. The number of rotatable bonds is 13. The fourth-order valence-electron chi connectivity index (χ4n) is 4.30. The maximum absolute atomic E-state index is 14.1. The Morgan fingerprint density at radius 2 is 1.71 bits per heavy atom. The number of aryl methyl sites for hydroxylation is 1. The topological polar surface area (TPSA) is 130 Å². The van der Waals surface area contributed by atoms with Crippen LogP contribution in [0.4, 0.5) is 11.4 Å². The number of hydrogen-bond donors (Lipinski definition) is 1. The van der Waals surface area contributed by atoms with Crippen molar-refractivity contribution < 1.29 is 22.9 Å². The van der Waals surface area contributed by atoms with E-state index in [0.29, 0.717) is 29.1 Å². The average molecular weight is 601 g/mol. The van der Waals surface area contributed by atoms with E-state index >= 15 is 0 Å². The first kappa shape index (κ1) is 31.6. The molecule has 0 saturated carbocycles. The lowest BCUT2D eigenvalue weighted by molar-refractivity contribution is -0.384. The van der Waals surface area contributed by atoms with E-state index in [1.165, 1.54) is 17.0 Å². The van der Waals surface area contributed by atoms with E-state index in [1.807, 2.05) is 37.3 Å². The molecule has 0 fully saturated rings. The van der Waals surface area contributed by atoms with Gasteiger partial charge in [-0.25, -0.2) is 8.42 Å². The summed E-state index contributed by atoms with van der Waals surface area (Å²) in [6.45, 7) is 3.14. The maximum Gasteiger partial charge on any atom is 0.271 e. The molecule has 0 aliphatic carbocycles. The molecule has 0 aliphatic heterocycles. The lowest BCUT2D eigenvalue weighted by Gasteiger charge is -2.34. The molecule has 1 N–H and O–H groups in total. The van der Waals surface area contributed by atoms with Crippen molar-refractivity contribution in [2.45, 2.75) is 39.3 Å². The molecule has 0 saturated heterocycles.